The molecule has 4 rings (SSSR count). The van der Waals surface area contributed by atoms with Gasteiger partial charge < -0.3 is 9.88 Å². The third-order valence-corrected chi connectivity index (χ3v) is 4.11. The topological polar surface area (TPSA) is 29.9 Å². The zero-order chi connectivity index (χ0) is 14.2. The highest BCUT2D eigenvalue weighted by Gasteiger charge is 2.26. The Hall–Kier alpha value is -2.29. The predicted octanol–water partition coefficient (Wildman–Crippen LogP) is 4.29. The molecular formula is C18H19N3. The van der Waals surface area contributed by atoms with Gasteiger partial charge in [0.1, 0.15) is 0 Å². The van der Waals surface area contributed by atoms with E-state index in [1.165, 1.54) is 29.2 Å². The molecule has 3 nitrogen and oxygen atoms in total. The van der Waals surface area contributed by atoms with E-state index in [0.717, 1.165) is 18.2 Å². The number of benzene rings is 2. The Morgan fingerprint density at radius 1 is 1.14 bits per heavy atom. The molecule has 1 N–H and O–H groups in total. The van der Waals surface area contributed by atoms with Gasteiger partial charge in [0.2, 0.25) is 5.95 Å². The van der Waals surface area contributed by atoms with Crippen LogP contribution in [0.4, 0.5) is 5.95 Å². The largest absolute Gasteiger partial charge is 0.352 e. The number of nitrogens with one attached hydrogen (secondary N) is 1. The number of anilines is 1. The van der Waals surface area contributed by atoms with Crippen LogP contribution in [0.15, 0.2) is 48.7 Å². The number of aromatic nitrogens is 2. The minimum atomic E-state index is 0.654. The first-order valence-electron chi connectivity index (χ1n) is 7.57. The maximum atomic E-state index is 4.62. The van der Waals surface area contributed by atoms with Crippen molar-refractivity contribution in [3.05, 3.63) is 59.9 Å². The highest BCUT2D eigenvalue weighted by atomic mass is 15.2. The maximum absolute atomic E-state index is 4.62. The van der Waals surface area contributed by atoms with Crippen LogP contribution in [-0.2, 0) is 6.54 Å². The first kappa shape index (κ1) is 12.5. The van der Waals surface area contributed by atoms with E-state index in [4.69, 9.17) is 0 Å². The lowest BCUT2D eigenvalue weighted by molar-refractivity contribution is 0.743. The van der Waals surface area contributed by atoms with Crippen molar-refractivity contribution in [1.29, 1.82) is 0 Å². The number of imidazole rings is 1. The monoisotopic (exact) mass is 277 g/mol. The number of rotatable bonds is 4. The first-order chi connectivity index (χ1) is 10.3. The fourth-order valence-electron chi connectivity index (χ4n) is 2.90. The van der Waals surface area contributed by atoms with Gasteiger partial charge >= 0.3 is 0 Å². The molecule has 1 saturated carbocycles. The van der Waals surface area contributed by atoms with Gasteiger partial charge in [-0.1, -0.05) is 42.5 Å². The fourth-order valence-corrected chi connectivity index (χ4v) is 2.90. The van der Waals surface area contributed by atoms with Gasteiger partial charge in [-0.15, -0.1) is 0 Å². The van der Waals surface area contributed by atoms with Crippen LogP contribution in [0, 0.1) is 6.92 Å². The van der Waals surface area contributed by atoms with Crippen molar-refractivity contribution >= 4 is 16.7 Å². The summed E-state index contributed by atoms with van der Waals surface area (Å²) in [6.45, 7) is 2.87. The van der Waals surface area contributed by atoms with Crippen molar-refractivity contribution in [1.82, 2.24) is 9.55 Å². The summed E-state index contributed by atoms with van der Waals surface area (Å²) in [5.74, 6) is 1.00. The standard InChI is InChI=1S/C18H19N3/c1-13-12-21(16-9-10-16)18(20-13)19-11-15-7-4-6-14-5-2-3-8-17(14)15/h2-8,12,16H,9-11H2,1H3,(H,19,20). The number of hydrogen-bond acceptors (Lipinski definition) is 2. The van der Waals surface area contributed by atoms with Crippen LogP contribution in [0.5, 0.6) is 0 Å². The zero-order valence-electron chi connectivity index (χ0n) is 12.2. The van der Waals surface area contributed by atoms with E-state index in [9.17, 15) is 0 Å². The molecule has 1 fully saturated rings. The third kappa shape index (κ3) is 2.40. The predicted molar refractivity (Wildman–Crippen MR) is 86.5 cm³/mol. The normalized spacial score (nSPS) is 14.5. The summed E-state index contributed by atoms with van der Waals surface area (Å²) in [6, 6.07) is 15.7. The highest BCUT2D eigenvalue weighted by molar-refractivity contribution is 5.85. The molecule has 0 amide bonds. The fraction of sp³-hybridized carbons (Fsp3) is 0.278. The second kappa shape index (κ2) is 4.92. The van der Waals surface area contributed by atoms with Crippen LogP contribution in [0.1, 0.15) is 30.1 Å². The molecule has 0 aliphatic heterocycles. The van der Waals surface area contributed by atoms with E-state index >= 15 is 0 Å². The molecular weight excluding hydrogens is 258 g/mol. The van der Waals surface area contributed by atoms with Crippen molar-refractivity contribution in [3.8, 4) is 0 Å². The van der Waals surface area contributed by atoms with Crippen molar-refractivity contribution in [3.63, 3.8) is 0 Å². The molecule has 21 heavy (non-hydrogen) atoms. The molecule has 0 spiro atoms. The van der Waals surface area contributed by atoms with Crippen molar-refractivity contribution < 1.29 is 0 Å². The van der Waals surface area contributed by atoms with Crippen LogP contribution in [0.25, 0.3) is 10.8 Å². The quantitative estimate of drug-likeness (QED) is 0.771. The smallest absolute Gasteiger partial charge is 0.203 e. The second-order valence-corrected chi connectivity index (χ2v) is 5.84. The Kier molecular flexibility index (Phi) is 2.92. The van der Waals surface area contributed by atoms with Crippen LogP contribution in [0.3, 0.4) is 0 Å². The molecule has 1 aromatic heterocycles. The van der Waals surface area contributed by atoms with E-state index in [0.29, 0.717) is 6.04 Å². The van der Waals surface area contributed by atoms with Gasteiger partial charge in [0.15, 0.2) is 0 Å². The van der Waals surface area contributed by atoms with E-state index in [1.54, 1.807) is 0 Å². The zero-order valence-corrected chi connectivity index (χ0v) is 12.2. The average molecular weight is 277 g/mol. The third-order valence-electron chi connectivity index (χ3n) is 4.11. The summed E-state index contributed by atoms with van der Waals surface area (Å²) in [5, 5.41) is 6.12. The Morgan fingerprint density at radius 3 is 2.81 bits per heavy atom. The molecule has 0 radical (unpaired) electrons. The highest BCUT2D eigenvalue weighted by Crippen LogP contribution is 2.37. The summed E-state index contributed by atoms with van der Waals surface area (Å²) in [6.07, 6.45) is 4.71. The SMILES string of the molecule is Cc1cn(C2CC2)c(NCc2cccc3ccccc23)n1. The lowest BCUT2D eigenvalue weighted by Crippen LogP contribution is -2.06. The number of fused-ring (bicyclic) bond motifs is 1. The summed E-state index contributed by atoms with van der Waals surface area (Å²) in [4.78, 5) is 4.62. The van der Waals surface area contributed by atoms with Crippen LogP contribution in [0.2, 0.25) is 0 Å². The molecule has 1 aliphatic carbocycles. The first-order valence-corrected chi connectivity index (χ1v) is 7.57. The molecule has 0 unspecified atom stereocenters. The molecule has 3 aromatic rings. The van der Waals surface area contributed by atoms with Crippen LogP contribution in [-0.4, -0.2) is 9.55 Å². The van der Waals surface area contributed by atoms with E-state index in [-0.39, 0.29) is 0 Å². The molecule has 1 heterocycles. The molecule has 3 heteroatoms. The lowest BCUT2D eigenvalue weighted by Gasteiger charge is -2.10. The number of aryl methyl sites for hydroxylation is 1. The molecule has 0 bridgehead atoms. The van der Waals surface area contributed by atoms with Gasteiger partial charge in [0.05, 0.1) is 5.69 Å². The Bertz CT molecular complexity index is 779. The molecule has 106 valence electrons. The van der Waals surface area contributed by atoms with Gasteiger partial charge in [-0.25, -0.2) is 4.98 Å². The lowest BCUT2D eigenvalue weighted by atomic mass is 10.0. The van der Waals surface area contributed by atoms with Crippen molar-refractivity contribution in [2.45, 2.75) is 32.4 Å². The Labute approximate surface area is 124 Å². The van der Waals surface area contributed by atoms with Gasteiger partial charge in [-0.05, 0) is 36.1 Å². The number of nitrogens with zero attached hydrogens (tertiary/aromatic N) is 2. The van der Waals surface area contributed by atoms with Gasteiger partial charge in [-0.3, -0.25) is 0 Å². The molecule has 0 atom stereocenters. The summed E-state index contributed by atoms with van der Waals surface area (Å²) in [7, 11) is 0. The molecule has 1 aliphatic rings. The van der Waals surface area contributed by atoms with Crippen LogP contribution >= 0.6 is 0 Å². The van der Waals surface area contributed by atoms with E-state index in [2.05, 4.69) is 70.5 Å². The van der Waals surface area contributed by atoms with Crippen molar-refractivity contribution in [2.24, 2.45) is 0 Å². The summed E-state index contributed by atoms with van der Waals surface area (Å²) >= 11 is 0. The Morgan fingerprint density at radius 2 is 1.95 bits per heavy atom. The average Bonchev–Trinajstić information content (AvgIpc) is 3.28. The molecule has 2 aromatic carbocycles. The summed E-state index contributed by atoms with van der Waals surface area (Å²) in [5.41, 5.74) is 2.40. The van der Waals surface area contributed by atoms with Gasteiger partial charge in [0.25, 0.3) is 0 Å². The van der Waals surface area contributed by atoms with Crippen molar-refractivity contribution in [2.75, 3.05) is 5.32 Å². The van der Waals surface area contributed by atoms with Gasteiger partial charge in [-0.2, -0.15) is 0 Å². The number of hydrogen-bond donors (Lipinski definition) is 1. The van der Waals surface area contributed by atoms with Crippen LogP contribution < -0.4 is 5.32 Å². The maximum Gasteiger partial charge on any atom is 0.203 e. The second-order valence-electron chi connectivity index (χ2n) is 5.84. The minimum Gasteiger partial charge on any atom is -0.352 e. The van der Waals surface area contributed by atoms with Gasteiger partial charge in [0, 0.05) is 18.8 Å². The van der Waals surface area contributed by atoms with E-state index in [1.807, 2.05) is 0 Å². The van der Waals surface area contributed by atoms with E-state index < -0.39 is 0 Å². The molecule has 0 saturated heterocycles. The minimum absolute atomic E-state index is 0.654. The Balaban J connectivity index is 1.61. The summed E-state index contributed by atoms with van der Waals surface area (Å²) < 4.78 is 2.29.